The molecule has 9 heteroatoms. The highest BCUT2D eigenvalue weighted by Crippen LogP contribution is 2.27. The Morgan fingerprint density at radius 1 is 1.03 bits per heavy atom. The van der Waals surface area contributed by atoms with Crippen LogP contribution in [0.25, 0.3) is 0 Å². The minimum absolute atomic E-state index is 0.0606. The average Bonchev–Trinajstić information content (AvgIpc) is 2.77. The van der Waals surface area contributed by atoms with Gasteiger partial charge in [0.05, 0.1) is 38.9 Å². The largest absolute Gasteiger partial charge is 0.493 e. The standard InChI is InChI=1S/C20H24N2O6S/c1-26-19-8-3-15(13-20(19)27-2)18(23)14-21-16-4-6-17(7-5-16)29(24,25)22-9-11-28-12-10-22/h3-8,13,21H,9-12,14H2,1-2H3. The number of ketones is 1. The van der Waals surface area contributed by atoms with E-state index in [2.05, 4.69) is 5.32 Å². The van der Waals surface area contributed by atoms with Crippen LogP contribution in [-0.2, 0) is 14.8 Å². The Bertz CT molecular complexity index is 953. The smallest absolute Gasteiger partial charge is 0.243 e. The maximum atomic E-state index is 12.6. The third-order valence-electron chi connectivity index (χ3n) is 4.62. The first kappa shape index (κ1) is 21.1. The van der Waals surface area contributed by atoms with Crippen molar-refractivity contribution in [2.24, 2.45) is 0 Å². The van der Waals surface area contributed by atoms with Crippen LogP contribution in [0.4, 0.5) is 5.69 Å². The van der Waals surface area contributed by atoms with E-state index in [9.17, 15) is 13.2 Å². The summed E-state index contributed by atoms with van der Waals surface area (Å²) in [6.07, 6.45) is 0. The summed E-state index contributed by atoms with van der Waals surface area (Å²) in [7, 11) is -0.492. The molecule has 1 saturated heterocycles. The lowest BCUT2D eigenvalue weighted by atomic mass is 10.1. The lowest BCUT2D eigenvalue weighted by Crippen LogP contribution is -2.40. The summed E-state index contributed by atoms with van der Waals surface area (Å²) < 4.78 is 42.3. The first-order valence-electron chi connectivity index (χ1n) is 9.13. The van der Waals surface area contributed by atoms with Gasteiger partial charge in [-0.05, 0) is 42.5 Å². The molecule has 1 fully saturated rings. The zero-order chi connectivity index (χ0) is 20.9. The Morgan fingerprint density at radius 2 is 1.69 bits per heavy atom. The van der Waals surface area contributed by atoms with Crippen molar-refractivity contribution < 1.29 is 27.4 Å². The fourth-order valence-electron chi connectivity index (χ4n) is 2.97. The summed E-state index contributed by atoms with van der Waals surface area (Å²) in [5, 5.41) is 3.02. The molecule has 0 unspecified atom stereocenters. The third kappa shape index (κ3) is 4.87. The van der Waals surface area contributed by atoms with Crippen LogP contribution in [-0.4, -0.2) is 65.6 Å². The van der Waals surface area contributed by atoms with Crippen molar-refractivity contribution >= 4 is 21.5 Å². The van der Waals surface area contributed by atoms with Gasteiger partial charge in [0.1, 0.15) is 0 Å². The van der Waals surface area contributed by atoms with Crippen LogP contribution in [0, 0.1) is 0 Å². The molecule has 0 radical (unpaired) electrons. The summed E-state index contributed by atoms with van der Waals surface area (Å²) in [6.45, 7) is 1.56. The van der Waals surface area contributed by atoms with E-state index < -0.39 is 10.0 Å². The van der Waals surface area contributed by atoms with Gasteiger partial charge in [-0.2, -0.15) is 4.31 Å². The number of ether oxygens (including phenoxy) is 3. The molecule has 2 aromatic rings. The number of carbonyl (C=O) groups excluding carboxylic acids is 1. The lowest BCUT2D eigenvalue weighted by Gasteiger charge is -2.26. The number of morpholine rings is 1. The van der Waals surface area contributed by atoms with Crippen molar-refractivity contribution in [3.63, 3.8) is 0 Å². The van der Waals surface area contributed by atoms with Crippen molar-refractivity contribution in [1.82, 2.24) is 4.31 Å². The Kier molecular flexibility index (Phi) is 6.73. The molecule has 0 aliphatic carbocycles. The Hall–Kier alpha value is -2.62. The molecule has 2 aromatic carbocycles. The van der Waals surface area contributed by atoms with E-state index in [0.717, 1.165) is 0 Å². The van der Waals surface area contributed by atoms with Gasteiger partial charge in [0.15, 0.2) is 17.3 Å². The molecule has 1 heterocycles. The van der Waals surface area contributed by atoms with Gasteiger partial charge in [-0.1, -0.05) is 0 Å². The first-order chi connectivity index (χ1) is 14.0. The second kappa shape index (κ2) is 9.25. The van der Waals surface area contributed by atoms with Crippen molar-refractivity contribution in [2.75, 3.05) is 52.4 Å². The summed E-state index contributed by atoms with van der Waals surface area (Å²) in [6, 6.07) is 11.3. The van der Waals surface area contributed by atoms with E-state index in [1.165, 1.54) is 30.7 Å². The molecule has 156 valence electrons. The van der Waals surface area contributed by atoms with Crippen LogP contribution in [0.1, 0.15) is 10.4 Å². The SMILES string of the molecule is COc1ccc(C(=O)CNc2ccc(S(=O)(=O)N3CCOCC3)cc2)cc1OC. The van der Waals surface area contributed by atoms with Crippen molar-refractivity contribution in [2.45, 2.75) is 4.90 Å². The topological polar surface area (TPSA) is 94.2 Å². The van der Waals surface area contributed by atoms with Crippen LogP contribution in [0.5, 0.6) is 11.5 Å². The van der Waals surface area contributed by atoms with Gasteiger partial charge in [-0.25, -0.2) is 8.42 Å². The summed E-state index contributed by atoms with van der Waals surface area (Å²) >= 11 is 0. The second-order valence-electron chi connectivity index (χ2n) is 6.39. The van der Waals surface area contributed by atoms with Crippen LogP contribution in [0.3, 0.4) is 0 Å². The maximum Gasteiger partial charge on any atom is 0.243 e. The minimum atomic E-state index is -3.53. The number of carbonyl (C=O) groups is 1. The number of sulfonamides is 1. The number of nitrogens with zero attached hydrogens (tertiary/aromatic N) is 1. The predicted molar refractivity (Wildman–Crippen MR) is 108 cm³/mol. The van der Waals surface area contributed by atoms with Gasteiger partial charge in [0, 0.05) is 24.3 Å². The number of benzene rings is 2. The minimum Gasteiger partial charge on any atom is -0.493 e. The number of Topliss-reactive ketones (excluding diaryl/α,β-unsaturated/α-hetero) is 1. The molecular formula is C20H24N2O6S. The van der Waals surface area contributed by atoms with Gasteiger partial charge >= 0.3 is 0 Å². The van der Waals surface area contributed by atoms with E-state index in [-0.39, 0.29) is 17.2 Å². The Balaban J connectivity index is 1.63. The zero-order valence-electron chi connectivity index (χ0n) is 16.4. The molecule has 0 aromatic heterocycles. The molecule has 1 aliphatic heterocycles. The molecular weight excluding hydrogens is 396 g/mol. The van der Waals surface area contributed by atoms with Crippen LogP contribution in [0.15, 0.2) is 47.4 Å². The van der Waals surface area contributed by atoms with Crippen molar-refractivity contribution in [3.05, 3.63) is 48.0 Å². The number of rotatable bonds is 8. The molecule has 1 N–H and O–H groups in total. The second-order valence-corrected chi connectivity index (χ2v) is 8.33. The molecule has 0 amide bonds. The Morgan fingerprint density at radius 3 is 2.31 bits per heavy atom. The molecule has 3 rings (SSSR count). The quantitative estimate of drug-likeness (QED) is 0.653. The van der Waals surface area contributed by atoms with Crippen molar-refractivity contribution in [1.29, 1.82) is 0 Å². The maximum absolute atomic E-state index is 12.6. The fourth-order valence-corrected chi connectivity index (χ4v) is 4.38. The number of hydrogen-bond donors (Lipinski definition) is 1. The number of methoxy groups -OCH3 is 2. The monoisotopic (exact) mass is 420 g/mol. The van der Waals surface area contributed by atoms with Crippen LogP contribution < -0.4 is 14.8 Å². The van der Waals surface area contributed by atoms with Gasteiger partial charge in [0.2, 0.25) is 10.0 Å². The summed E-state index contributed by atoms with van der Waals surface area (Å²) in [5.74, 6) is 0.904. The summed E-state index contributed by atoms with van der Waals surface area (Å²) in [5.41, 5.74) is 1.14. The molecule has 1 aliphatic rings. The van der Waals surface area contributed by atoms with E-state index in [1.54, 1.807) is 30.3 Å². The van der Waals surface area contributed by atoms with Gasteiger partial charge in [0.25, 0.3) is 0 Å². The normalized spacial score (nSPS) is 15.0. The van der Waals surface area contributed by atoms with E-state index in [4.69, 9.17) is 14.2 Å². The highest BCUT2D eigenvalue weighted by molar-refractivity contribution is 7.89. The first-order valence-corrected chi connectivity index (χ1v) is 10.6. The van der Waals surface area contributed by atoms with E-state index in [0.29, 0.717) is 49.1 Å². The van der Waals surface area contributed by atoms with Gasteiger partial charge in [-0.3, -0.25) is 4.79 Å². The molecule has 29 heavy (non-hydrogen) atoms. The number of hydrogen-bond acceptors (Lipinski definition) is 7. The van der Waals surface area contributed by atoms with Crippen LogP contribution >= 0.6 is 0 Å². The number of anilines is 1. The lowest BCUT2D eigenvalue weighted by molar-refractivity contribution is 0.0730. The van der Waals surface area contributed by atoms with E-state index >= 15 is 0 Å². The summed E-state index contributed by atoms with van der Waals surface area (Å²) in [4.78, 5) is 12.7. The highest BCUT2D eigenvalue weighted by Gasteiger charge is 2.26. The fraction of sp³-hybridized carbons (Fsp3) is 0.350. The molecule has 0 spiro atoms. The van der Waals surface area contributed by atoms with Gasteiger partial charge in [-0.15, -0.1) is 0 Å². The highest BCUT2D eigenvalue weighted by atomic mass is 32.2. The Labute approximate surface area is 170 Å². The molecule has 0 bridgehead atoms. The molecule has 8 nitrogen and oxygen atoms in total. The van der Waals surface area contributed by atoms with Gasteiger partial charge < -0.3 is 19.5 Å². The van der Waals surface area contributed by atoms with Crippen LogP contribution in [0.2, 0.25) is 0 Å². The molecule has 0 atom stereocenters. The molecule has 0 saturated carbocycles. The predicted octanol–water partition coefficient (Wildman–Crippen LogP) is 2.02. The zero-order valence-corrected chi connectivity index (χ0v) is 17.2. The van der Waals surface area contributed by atoms with Crippen molar-refractivity contribution in [3.8, 4) is 11.5 Å². The van der Waals surface area contributed by atoms with E-state index in [1.807, 2.05) is 0 Å². The average molecular weight is 420 g/mol. The number of nitrogens with one attached hydrogen (secondary N) is 1. The third-order valence-corrected chi connectivity index (χ3v) is 6.53.